The lowest BCUT2D eigenvalue weighted by atomic mass is 9.95. The highest BCUT2D eigenvalue weighted by Crippen LogP contribution is 2.19. The van der Waals surface area contributed by atoms with Crippen molar-refractivity contribution in [1.82, 2.24) is 0 Å². The summed E-state index contributed by atoms with van der Waals surface area (Å²) in [4.78, 5) is 24.7. The maximum absolute atomic E-state index is 12.4. The van der Waals surface area contributed by atoms with Crippen molar-refractivity contribution in [2.24, 2.45) is 0 Å². The van der Waals surface area contributed by atoms with E-state index in [4.69, 9.17) is 0 Å². The third kappa shape index (κ3) is 3.23. The second-order valence-electron chi connectivity index (χ2n) is 5.00. The van der Waals surface area contributed by atoms with Gasteiger partial charge >= 0.3 is 0 Å². The van der Waals surface area contributed by atoms with Crippen molar-refractivity contribution in [2.75, 3.05) is 0 Å². The molecule has 0 amide bonds. The van der Waals surface area contributed by atoms with Crippen LogP contribution < -0.4 is 0 Å². The number of hydrogen-bond acceptors (Lipinski definition) is 4. The Labute approximate surface area is 128 Å². The number of phenols is 2. The maximum Gasteiger partial charge on any atom is 0.189 e. The third-order valence-corrected chi connectivity index (χ3v) is 3.50. The molecule has 4 nitrogen and oxygen atoms in total. The van der Waals surface area contributed by atoms with Crippen molar-refractivity contribution in [1.29, 1.82) is 0 Å². The van der Waals surface area contributed by atoms with Crippen LogP contribution in [0.2, 0.25) is 0 Å². The van der Waals surface area contributed by atoms with Crippen LogP contribution in [0.1, 0.15) is 34.6 Å². The van der Waals surface area contributed by atoms with Crippen LogP contribution >= 0.6 is 0 Å². The second kappa shape index (κ2) is 6.26. The van der Waals surface area contributed by atoms with Gasteiger partial charge in [0.05, 0.1) is 0 Å². The molecule has 0 aliphatic rings. The summed E-state index contributed by atoms with van der Waals surface area (Å²) < 4.78 is 0. The van der Waals surface area contributed by atoms with Gasteiger partial charge in [-0.3, -0.25) is 9.59 Å². The lowest BCUT2D eigenvalue weighted by Crippen LogP contribution is -2.09. The number of aromatic hydroxyl groups is 2. The molecule has 0 saturated heterocycles. The predicted octanol–water partition coefficient (Wildman–Crippen LogP) is 3.50. The number of phenolic OH excluding ortho intramolecular Hbond substituents is 2. The Morgan fingerprint density at radius 1 is 0.636 bits per heavy atom. The standard InChI is InChI=1S/C18H16O4/c1-11(17(21)13-3-7-15(19)8-4-13)12(2)18(22)14-5-9-16(20)10-6-14/h3-10,19-20H,1-2H3. The zero-order valence-electron chi connectivity index (χ0n) is 12.3. The van der Waals surface area contributed by atoms with Crippen LogP contribution in [0, 0.1) is 0 Å². The molecule has 0 heterocycles. The van der Waals surface area contributed by atoms with Crippen LogP contribution in [-0.4, -0.2) is 21.8 Å². The minimum Gasteiger partial charge on any atom is -0.508 e. The van der Waals surface area contributed by atoms with Crippen molar-refractivity contribution in [3.05, 3.63) is 70.8 Å². The van der Waals surface area contributed by atoms with Crippen molar-refractivity contribution < 1.29 is 19.8 Å². The largest absolute Gasteiger partial charge is 0.508 e. The number of hydrogen-bond donors (Lipinski definition) is 2. The van der Waals surface area contributed by atoms with E-state index in [0.717, 1.165) is 0 Å². The lowest BCUT2D eigenvalue weighted by molar-refractivity contribution is 0.0999. The first-order valence-electron chi connectivity index (χ1n) is 6.75. The van der Waals surface area contributed by atoms with Gasteiger partial charge in [0.1, 0.15) is 11.5 Å². The first-order valence-corrected chi connectivity index (χ1v) is 6.75. The molecule has 0 spiro atoms. The first-order chi connectivity index (χ1) is 10.4. The molecule has 0 aromatic heterocycles. The van der Waals surface area contributed by atoms with E-state index in [2.05, 4.69) is 0 Å². The topological polar surface area (TPSA) is 74.6 Å². The Bertz CT molecular complexity index is 672. The Hall–Kier alpha value is -2.88. The molecule has 0 atom stereocenters. The van der Waals surface area contributed by atoms with Gasteiger partial charge in [-0.2, -0.15) is 0 Å². The van der Waals surface area contributed by atoms with E-state index in [1.165, 1.54) is 48.5 Å². The number of benzene rings is 2. The summed E-state index contributed by atoms with van der Waals surface area (Å²) in [6.45, 7) is 3.20. The molecule has 0 fully saturated rings. The van der Waals surface area contributed by atoms with Crippen molar-refractivity contribution in [3.8, 4) is 11.5 Å². The molecule has 112 valence electrons. The predicted molar refractivity (Wildman–Crippen MR) is 83.2 cm³/mol. The highest BCUT2D eigenvalue weighted by molar-refractivity contribution is 6.17. The summed E-state index contributed by atoms with van der Waals surface area (Å²) in [6, 6.07) is 11.8. The van der Waals surface area contributed by atoms with Crippen LogP contribution in [0.4, 0.5) is 0 Å². The molecule has 0 radical (unpaired) electrons. The van der Waals surface area contributed by atoms with Crippen LogP contribution in [0.25, 0.3) is 0 Å². The van der Waals surface area contributed by atoms with Gasteiger partial charge in [-0.15, -0.1) is 0 Å². The fourth-order valence-electron chi connectivity index (χ4n) is 2.00. The molecule has 4 heteroatoms. The summed E-state index contributed by atoms with van der Waals surface area (Å²) in [7, 11) is 0. The normalized spacial score (nSPS) is 11.7. The van der Waals surface area contributed by atoms with E-state index in [1.54, 1.807) is 13.8 Å². The molecular formula is C18H16O4. The molecule has 0 bridgehead atoms. The van der Waals surface area contributed by atoms with E-state index in [-0.39, 0.29) is 23.1 Å². The molecule has 2 aromatic rings. The number of carbonyl (C=O) groups is 2. The van der Waals surface area contributed by atoms with Crippen LogP contribution in [0.3, 0.4) is 0 Å². The van der Waals surface area contributed by atoms with E-state index >= 15 is 0 Å². The SMILES string of the molecule is CC(C(=O)c1ccc(O)cc1)=C(C)C(=O)c1ccc(O)cc1. The average Bonchev–Trinajstić information content (AvgIpc) is 2.53. The average molecular weight is 296 g/mol. The molecule has 0 saturated carbocycles. The van der Waals surface area contributed by atoms with Crippen LogP contribution in [0.15, 0.2) is 59.7 Å². The highest BCUT2D eigenvalue weighted by Gasteiger charge is 2.16. The van der Waals surface area contributed by atoms with Gasteiger partial charge in [0, 0.05) is 22.3 Å². The highest BCUT2D eigenvalue weighted by atomic mass is 16.3. The summed E-state index contributed by atoms with van der Waals surface area (Å²) in [6.07, 6.45) is 0. The molecular weight excluding hydrogens is 280 g/mol. The number of rotatable bonds is 4. The van der Waals surface area contributed by atoms with Crippen molar-refractivity contribution in [3.63, 3.8) is 0 Å². The van der Waals surface area contributed by atoms with Crippen LogP contribution in [0.5, 0.6) is 11.5 Å². The molecule has 0 aliphatic carbocycles. The third-order valence-electron chi connectivity index (χ3n) is 3.50. The molecule has 22 heavy (non-hydrogen) atoms. The fourth-order valence-corrected chi connectivity index (χ4v) is 2.00. The smallest absolute Gasteiger partial charge is 0.189 e. The van der Waals surface area contributed by atoms with Crippen LogP contribution in [-0.2, 0) is 0 Å². The van der Waals surface area contributed by atoms with E-state index in [9.17, 15) is 19.8 Å². The summed E-state index contributed by atoms with van der Waals surface area (Å²) in [5.41, 5.74) is 1.52. The maximum atomic E-state index is 12.4. The van der Waals surface area contributed by atoms with Gasteiger partial charge in [-0.25, -0.2) is 0 Å². The first kappa shape index (κ1) is 15.5. The number of ketones is 2. The zero-order chi connectivity index (χ0) is 16.3. The molecule has 2 aromatic carbocycles. The van der Waals surface area contributed by atoms with E-state index in [1.807, 2.05) is 0 Å². The minimum absolute atomic E-state index is 0.0788. The van der Waals surface area contributed by atoms with Gasteiger partial charge in [0.15, 0.2) is 11.6 Å². The molecule has 0 unspecified atom stereocenters. The zero-order valence-corrected chi connectivity index (χ0v) is 12.3. The van der Waals surface area contributed by atoms with Gasteiger partial charge in [0.2, 0.25) is 0 Å². The second-order valence-corrected chi connectivity index (χ2v) is 5.00. The quantitative estimate of drug-likeness (QED) is 0.669. The Balaban J connectivity index is 2.31. The molecule has 0 aliphatic heterocycles. The molecule has 2 N–H and O–H groups in total. The minimum atomic E-state index is -0.260. The number of Topliss-reactive ketones (excluding diaryl/α,β-unsaturated/α-hetero) is 2. The van der Waals surface area contributed by atoms with E-state index in [0.29, 0.717) is 22.3 Å². The van der Waals surface area contributed by atoms with E-state index < -0.39 is 0 Å². The molecule has 2 rings (SSSR count). The van der Waals surface area contributed by atoms with Crippen molar-refractivity contribution >= 4 is 11.6 Å². The van der Waals surface area contributed by atoms with Gasteiger partial charge in [-0.05, 0) is 62.4 Å². The lowest BCUT2D eigenvalue weighted by Gasteiger charge is -2.07. The monoisotopic (exact) mass is 296 g/mol. The fraction of sp³-hybridized carbons (Fsp3) is 0.111. The summed E-state index contributed by atoms with van der Waals surface area (Å²) >= 11 is 0. The number of carbonyl (C=O) groups excluding carboxylic acids is 2. The van der Waals surface area contributed by atoms with Gasteiger partial charge in [-0.1, -0.05) is 0 Å². The number of allylic oxidation sites excluding steroid dienone is 2. The summed E-state index contributed by atoms with van der Waals surface area (Å²) in [5.74, 6) is -0.362. The Morgan fingerprint density at radius 3 is 1.18 bits per heavy atom. The van der Waals surface area contributed by atoms with Gasteiger partial charge in [0.25, 0.3) is 0 Å². The van der Waals surface area contributed by atoms with Crippen molar-refractivity contribution in [2.45, 2.75) is 13.8 Å². The Kier molecular flexibility index (Phi) is 4.41. The van der Waals surface area contributed by atoms with Gasteiger partial charge < -0.3 is 10.2 Å². The Morgan fingerprint density at radius 2 is 0.909 bits per heavy atom. The summed E-state index contributed by atoms with van der Waals surface area (Å²) in [5, 5.41) is 18.5.